The topological polar surface area (TPSA) is 100 Å². The van der Waals surface area contributed by atoms with Gasteiger partial charge in [0.05, 0.1) is 38.2 Å². The van der Waals surface area contributed by atoms with Crippen LogP contribution in [0.1, 0.15) is 40.2 Å². The van der Waals surface area contributed by atoms with Crippen molar-refractivity contribution in [2.45, 2.75) is 59.5 Å². The average Bonchev–Trinajstić information content (AvgIpc) is 2.67. The number of amides is 1. The highest BCUT2D eigenvalue weighted by Crippen LogP contribution is 2.51. The lowest BCUT2D eigenvalue weighted by atomic mass is 10.2. The Bertz CT molecular complexity index is 735. The molecular formula is C22H34NO7P. The van der Waals surface area contributed by atoms with Crippen LogP contribution in [0, 0.1) is 0 Å². The van der Waals surface area contributed by atoms with Crippen molar-refractivity contribution in [1.82, 2.24) is 5.32 Å². The molecule has 0 aromatic heterocycles. The monoisotopic (exact) mass is 455 g/mol. The van der Waals surface area contributed by atoms with Gasteiger partial charge in [0.2, 0.25) is 6.41 Å². The van der Waals surface area contributed by atoms with E-state index in [9.17, 15) is 14.2 Å². The summed E-state index contributed by atoms with van der Waals surface area (Å²) in [6.07, 6.45) is 1.15. The first kappa shape index (κ1) is 27.0. The fourth-order valence-corrected chi connectivity index (χ4v) is 4.91. The molecule has 8 nitrogen and oxygen atoms in total. The van der Waals surface area contributed by atoms with E-state index < -0.39 is 19.6 Å². The van der Waals surface area contributed by atoms with E-state index in [0.29, 0.717) is 18.6 Å². The van der Waals surface area contributed by atoms with E-state index in [0.717, 1.165) is 5.56 Å². The summed E-state index contributed by atoms with van der Waals surface area (Å²) in [5.41, 5.74) is 1.46. The molecule has 1 N–H and O–H groups in total. The SMILES string of the molecule is CCOC(=O)C(C=C(COCc1ccccc1)CP(=O)(OC(C)C)OC(C)C)NC=O. The van der Waals surface area contributed by atoms with Gasteiger partial charge in [0.25, 0.3) is 0 Å². The van der Waals surface area contributed by atoms with Crippen molar-refractivity contribution < 1.29 is 32.7 Å². The Labute approximate surface area is 184 Å². The third kappa shape index (κ3) is 11.3. The average molecular weight is 455 g/mol. The quantitative estimate of drug-likeness (QED) is 0.186. The molecule has 31 heavy (non-hydrogen) atoms. The molecular weight excluding hydrogens is 421 g/mol. The standard InChI is InChI=1S/C22H34NO7P/c1-6-28-22(25)21(23-16-24)12-20(14-27-13-19-10-8-7-9-11-19)15-31(26,29-17(2)3)30-18(4)5/h7-12,16-18,21H,6,13-15H2,1-5H3,(H,23,24). The van der Waals surface area contributed by atoms with Crippen LogP contribution in [0.5, 0.6) is 0 Å². The van der Waals surface area contributed by atoms with Crippen LogP contribution in [0.3, 0.4) is 0 Å². The number of rotatable bonds is 15. The van der Waals surface area contributed by atoms with Gasteiger partial charge >= 0.3 is 13.6 Å². The Kier molecular flexibility index (Phi) is 12.3. The zero-order chi connectivity index (χ0) is 23.3. The van der Waals surface area contributed by atoms with E-state index >= 15 is 0 Å². The molecule has 1 aromatic carbocycles. The first-order chi connectivity index (χ1) is 14.7. The largest absolute Gasteiger partial charge is 0.464 e. The molecule has 0 aliphatic rings. The smallest absolute Gasteiger partial charge is 0.335 e. The molecule has 174 valence electrons. The Morgan fingerprint density at radius 1 is 1.10 bits per heavy atom. The fourth-order valence-electron chi connectivity index (χ4n) is 2.74. The Morgan fingerprint density at radius 3 is 2.23 bits per heavy atom. The number of nitrogens with one attached hydrogen (secondary N) is 1. The Hall–Kier alpha value is -1.99. The van der Waals surface area contributed by atoms with Crippen molar-refractivity contribution in [3.05, 3.63) is 47.5 Å². The predicted octanol–water partition coefficient (Wildman–Crippen LogP) is 3.85. The van der Waals surface area contributed by atoms with E-state index in [4.69, 9.17) is 18.5 Å². The summed E-state index contributed by atoms with van der Waals surface area (Å²) in [4.78, 5) is 23.2. The molecule has 0 radical (unpaired) electrons. The highest BCUT2D eigenvalue weighted by molar-refractivity contribution is 7.54. The van der Waals surface area contributed by atoms with E-state index in [-0.39, 0.29) is 31.6 Å². The third-order valence-electron chi connectivity index (χ3n) is 3.73. The maximum atomic E-state index is 13.4. The molecule has 1 amide bonds. The third-order valence-corrected chi connectivity index (χ3v) is 6.01. The van der Waals surface area contributed by atoms with Crippen molar-refractivity contribution in [3.8, 4) is 0 Å². The maximum Gasteiger partial charge on any atom is 0.335 e. The summed E-state index contributed by atoms with van der Waals surface area (Å²) in [6.45, 7) is 9.28. The molecule has 1 atom stereocenters. The van der Waals surface area contributed by atoms with Gasteiger partial charge in [-0.25, -0.2) is 4.79 Å². The molecule has 0 spiro atoms. The normalized spacial score (nSPS) is 13.3. The summed E-state index contributed by atoms with van der Waals surface area (Å²) in [7, 11) is -3.54. The lowest BCUT2D eigenvalue weighted by molar-refractivity contribution is -0.145. The summed E-state index contributed by atoms with van der Waals surface area (Å²) >= 11 is 0. The van der Waals surface area contributed by atoms with E-state index in [1.54, 1.807) is 34.6 Å². The van der Waals surface area contributed by atoms with Gasteiger partial charge < -0.3 is 23.8 Å². The zero-order valence-electron chi connectivity index (χ0n) is 18.9. The highest BCUT2D eigenvalue weighted by atomic mass is 31.2. The van der Waals surface area contributed by atoms with Crippen LogP contribution < -0.4 is 5.32 Å². The van der Waals surface area contributed by atoms with Crippen molar-refractivity contribution in [2.24, 2.45) is 0 Å². The second-order valence-corrected chi connectivity index (χ2v) is 9.35. The van der Waals surface area contributed by atoms with Gasteiger partial charge in [-0.3, -0.25) is 9.36 Å². The molecule has 0 saturated carbocycles. The molecule has 0 aliphatic heterocycles. The molecule has 0 saturated heterocycles. The van der Waals surface area contributed by atoms with Crippen LogP contribution in [0.15, 0.2) is 42.0 Å². The zero-order valence-corrected chi connectivity index (χ0v) is 19.8. The maximum absolute atomic E-state index is 13.4. The van der Waals surface area contributed by atoms with Crippen LogP contribution in [0.4, 0.5) is 0 Å². The molecule has 1 unspecified atom stereocenters. The van der Waals surface area contributed by atoms with Crippen molar-refractivity contribution in [2.75, 3.05) is 19.4 Å². The van der Waals surface area contributed by atoms with Crippen LogP contribution in [0.2, 0.25) is 0 Å². The van der Waals surface area contributed by atoms with E-state index in [2.05, 4.69) is 5.32 Å². The number of carbonyl (C=O) groups excluding carboxylic acids is 2. The summed E-state index contributed by atoms with van der Waals surface area (Å²) in [6, 6.07) is 8.52. The van der Waals surface area contributed by atoms with Crippen molar-refractivity contribution >= 4 is 20.0 Å². The second-order valence-electron chi connectivity index (χ2n) is 7.39. The van der Waals surface area contributed by atoms with Gasteiger partial charge in [-0.05, 0) is 51.8 Å². The van der Waals surface area contributed by atoms with E-state index in [1.165, 1.54) is 6.08 Å². The van der Waals surface area contributed by atoms with Crippen LogP contribution in [-0.2, 0) is 39.3 Å². The number of esters is 1. The molecule has 0 bridgehead atoms. The summed E-state index contributed by atoms with van der Waals surface area (Å²) in [5.74, 6) is -0.625. The molecule has 1 aromatic rings. The number of benzene rings is 1. The fraction of sp³-hybridized carbons (Fsp3) is 0.545. The lowest BCUT2D eigenvalue weighted by Gasteiger charge is -2.24. The van der Waals surface area contributed by atoms with Crippen molar-refractivity contribution in [3.63, 3.8) is 0 Å². The predicted molar refractivity (Wildman–Crippen MR) is 119 cm³/mol. The first-order valence-electron chi connectivity index (χ1n) is 10.3. The van der Waals surface area contributed by atoms with Gasteiger partial charge in [0, 0.05) is 0 Å². The van der Waals surface area contributed by atoms with Crippen LogP contribution in [0.25, 0.3) is 0 Å². The Morgan fingerprint density at radius 2 is 1.71 bits per heavy atom. The molecule has 1 rings (SSSR count). The van der Waals surface area contributed by atoms with Gasteiger partial charge in [0.15, 0.2) is 0 Å². The molecule has 0 aliphatic carbocycles. The minimum atomic E-state index is -3.54. The molecule has 0 fully saturated rings. The van der Waals surface area contributed by atoms with Gasteiger partial charge in [-0.2, -0.15) is 0 Å². The van der Waals surface area contributed by atoms with E-state index in [1.807, 2.05) is 30.3 Å². The molecule has 0 heterocycles. The van der Waals surface area contributed by atoms with Crippen LogP contribution >= 0.6 is 7.60 Å². The summed E-state index contributed by atoms with van der Waals surface area (Å²) < 4.78 is 35.4. The highest BCUT2D eigenvalue weighted by Gasteiger charge is 2.30. The number of hydrogen-bond acceptors (Lipinski definition) is 7. The first-order valence-corrected chi connectivity index (χ1v) is 12.0. The van der Waals surface area contributed by atoms with Crippen LogP contribution in [-0.4, -0.2) is 50.0 Å². The van der Waals surface area contributed by atoms with Gasteiger partial charge in [-0.15, -0.1) is 0 Å². The molecule has 9 heteroatoms. The number of ether oxygens (including phenoxy) is 2. The summed E-state index contributed by atoms with van der Waals surface area (Å²) in [5, 5.41) is 2.41. The minimum Gasteiger partial charge on any atom is -0.464 e. The van der Waals surface area contributed by atoms with Crippen molar-refractivity contribution in [1.29, 1.82) is 0 Å². The lowest BCUT2D eigenvalue weighted by Crippen LogP contribution is -2.36. The number of carbonyl (C=O) groups is 2. The minimum absolute atomic E-state index is 0.0677. The second kappa shape index (κ2) is 14.1. The number of hydrogen-bond donors (Lipinski definition) is 1. The van der Waals surface area contributed by atoms with Gasteiger partial charge in [-0.1, -0.05) is 30.3 Å². The van der Waals surface area contributed by atoms with Gasteiger partial charge in [0.1, 0.15) is 6.04 Å². The Balaban J connectivity index is 3.11.